The molecule has 0 aromatic heterocycles. The van der Waals surface area contributed by atoms with Gasteiger partial charge < -0.3 is 14.2 Å². The maximum Gasteiger partial charge on any atom is 0.306 e. The Labute approximate surface area is 382 Å². The first-order valence-corrected chi connectivity index (χ1v) is 26.0. The van der Waals surface area contributed by atoms with E-state index in [4.69, 9.17) is 14.2 Å². The molecule has 0 saturated heterocycles. The average molecular weight is 865 g/mol. The molecule has 0 aliphatic carbocycles. The summed E-state index contributed by atoms with van der Waals surface area (Å²) in [5.74, 6) is -1.02. The number of unbranched alkanes of at least 4 members (excludes halogenated alkanes) is 25. The van der Waals surface area contributed by atoms with Crippen LogP contribution in [0.3, 0.4) is 0 Å². The summed E-state index contributed by atoms with van der Waals surface area (Å²) in [4.78, 5) is 37.9. The first kappa shape index (κ1) is 58.9. The number of esters is 3. The molecule has 0 aromatic rings. The number of hydrogen-bond acceptors (Lipinski definition) is 6. The molecule has 356 valence electrons. The Balaban J connectivity index is 4.51. The highest BCUT2D eigenvalue weighted by Gasteiger charge is 2.19. The fourth-order valence-electron chi connectivity index (χ4n) is 7.01. The predicted molar refractivity (Wildman–Crippen MR) is 265 cm³/mol. The molecule has 0 fully saturated rings. The van der Waals surface area contributed by atoms with E-state index in [9.17, 15) is 14.4 Å². The molecular weight excluding hydrogens is 769 g/mol. The zero-order valence-electron chi connectivity index (χ0n) is 40.6. The fourth-order valence-corrected chi connectivity index (χ4v) is 7.01. The maximum atomic E-state index is 12.8. The van der Waals surface area contributed by atoms with Crippen LogP contribution in [0.15, 0.2) is 72.9 Å². The van der Waals surface area contributed by atoms with Crippen molar-refractivity contribution < 1.29 is 28.6 Å². The van der Waals surface area contributed by atoms with Crippen molar-refractivity contribution in [1.82, 2.24) is 0 Å². The van der Waals surface area contributed by atoms with Gasteiger partial charge in [-0.25, -0.2) is 0 Å². The highest BCUT2D eigenvalue weighted by molar-refractivity contribution is 5.71. The Kier molecular flexibility index (Phi) is 47.9. The van der Waals surface area contributed by atoms with Crippen LogP contribution < -0.4 is 0 Å². The highest BCUT2D eigenvalue weighted by Crippen LogP contribution is 2.13. The molecule has 0 aliphatic rings. The molecular formula is C56H96O6. The van der Waals surface area contributed by atoms with Crippen LogP contribution in [0.25, 0.3) is 0 Å². The Morgan fingerprint density at radius 1 is 0.339 bits per heavy atom. The highest BCUT2D eigenvalue weighted by atomic mass is 16.6. The molecule has 0 aliphatic heterocycles. The summed E-state index contributed by atoms with van der Waals surface area (Å²) in [5, 5.41) is 0. The van der Waals surface area contributed by atoms with E-state index in [-0.39, 0.29) is 37.5 Å². The van der Waals surface area contributed by atoms with Gasteiger partial charge in [0, 0.05) is 19.3 Å². The Morgan fingerprint density at radius 2 is 0.661 bits per heavy atom. The van der Waals surface area contributed by atoms with Gasteiger partial charge in [-0.05, 0) is 89.9 Å². The molecule has 0 rings (SSSR count). The molecule has 1 atom stereocenters. The summed E-state index contributed by atoms with van der Waals surface area (Å²) in [7, 11) is 0. The van der Waals surface area contributed by atoms with Crippen molar-refractivity contribution in [3.63, 3.8) is 0 Å². The Morgan fingerprint density at radius 3 is 1.13 bits per heavy atom. The normalized spacial score (nSPS) is 12.6. The first-order chi connectivity index (χ1) is 30.5. The van der Waals surface area contributed by atoms with Crippen LogP contribution in [-0.2, 0) is 28.6 Å². The lowest BCUT2D eigenvalue weighted by atomic mass is 10.1. The lowest BCUT2D eigenvalue weighted by molar-refractivity contribution is -0.166. The molecule has 0 heterocycles. The predicted octanol–water partition coefficient (Wildman–Crippen LogP) is 17.0. The smallest absolute Gasteiger partial charge is 0.306 e. The van der Waals surface area contributed by atoms with Crippen LogP contribution in [0.4, 0.5) is 0 Å². The quantitative estimate of drug-likeness (QED) is 0.0199. The molecule has 1 unspecified atom stereocenters. The Hall–Kier alpha value is -3.15. The first-order valence-electron chi connectivity index (χ1n) is 26.0. The SMILES string of the molecule is CCCCC/C=C/C=C/CCCCCCCCC(=O)OC(COC(=O)CC/C=C/C/C=C/CCCCCCCC)COC(=O)CCCCC/C=C/C=C/CCCCCCCCC. The van der Waals surface area contributed by atoms with E-state index in [1.165, 1.54) is 122 Å². The van der Waals surface area contributed by atoms with Gasteiger partial charge in [0.2, 0.25) is 0 Å². The van der Waals surface area contributed by atoms with E-state index in [0.717, 1.165) is 77.0 Å². The second kappa shape index (κ2) is 50.5. The number of allylic oxidation sites excluding steroid dienone is 12. The molecule has 0 aromatic carbocycles. The van der Waals surface area contributed by atoms with Crippen LogP contribution >= 0.6 is 0 Å². The topological polar surface area (TPSA) is 78.9 Å². The average Bonchev–Trinajstić information content (AvgIpc) is 3.27. The Bertz CT molecular complexity index is 1180. The summed E-state index contributed by atoms with van der Waals surface area (Å²) in [6.07, 6.45) is 63.2. The molecule has 0 bridgehead atoms. The zero-order chi connectivity index (χ0) is 45.1. The number of ether oxygens (including phenoxy) is 3. The molecule has 62 heavy (non-hydrogen) atoms. The van der Waals surface area contributed by atoms with Crippen molar-refractivity contribution in [2.75, 3.05) is 13.2 Å². The van der Waals surface area contributed by atoms with Gasteiger partial charge in [-0.2, -0.15) is 0 Å². The lowest BCUT2D eigenvalue weighted by Gasteiger charge is -2.18. The lowest BCUT2D eigenvalue weighted by Crippen LogP contribution is -2.30. The van der Waals surface area contributed by atoms with Crippen LogP contribution in [0.2, 0.25) is 0 Å². The molecule has 0 amide bonds. The van der Waals surface area contributed by atoms with E-state index in [0.29, 0.717) is 19.3 Å². The van der Waals surface area contributed by atoms with Gasteiger partial charge in [0.1, 0.15) is 13.2 Å². The minimum atomic E-state index is -0.814. The minimum Gasteiger partial charge on any atom is -0.462 e. The summed E-state index contributed by atoms with van der Waals surface area (Å²) >= 11 is 0. The fraction of sp³-hybridized carbons (Fsp3) is 0.732. The van der Waals surface area contributed by atoms with Gasteiger partial charge >= 0.3 is 17.9 Å². The van der Waals surface area contributed by atoms with E-state index >= 15 is 0 Å². The number of rotatable bonds is 46. The van der Waals surface area contributed by atoms with Gasteiger partial charge in [0.15, 0.2) is 6.10 Å². The second-order valence-electron chi connectivity index (χ2n) is 17.1. The molecule has 0 radical (unpaired) electrons. The van der Waals surface area contributed by atoms with Gasteiger partial charge in [0.05, 0.1) is 0 Å². The molecule has 0 N–H and O–H groups in total. The van der Waals surface area contributed by atoms with Gasteiger partial charge in [-0.1, -0.05) is 209 Å². The third-order valence-electron chi connectivity index (χ3n) is 11.0. The van der Waals surface area contributed by atoms with E-state index in [1.54, 1.807) is 0 Å². The largest absolute Gasteiger partial charge is 0.462 e. The second-order valence-corrected chi connectivity index (χ2v) is 17.1. The summed E-state index contributed by atoms with van der Waals surface area (Å²) in [6.45, 7) is 6.51. The summed E-state index contributed by atoms with van der Waals surface area (Å²) in [5.41, 5.74) is 0. The van der Waals surface area contributed by atoms with Crippen LogP contribution in [-0.4, -0.2) is 37.2 Å². The van der Waals surface area contributed by atoms with Crippen LogP contribution in [0.5, 0.6) is 0 Å². The third-order valence-corrected chi connectivity index (χ3v) is 11.0. The summed E-state index contributed by atoms with van der Waals surface area (Å²) in [6, 6.07) is 0. The van der Waals surface area contributed by atoms with Gasteiger partial charge in [-0.15, -0.1) is 0 Å². The van der Waals surface area contributed by atoms with Crippen molar-refractivity contribution in [1.29, 1.82) is 0 Å². The van der Waals surface area contributed by atoms with Crippen molar-refractivity contribution in [2.45, 2.75) is 252 Å². The monoisotopic (exact) mass is 865 g/mol. The van der Waals surface area contributed by atoms with Crippen molar-refractivity contribution in [3.8, 4) is 0 Å². The standard InChI is InChI=1S/C56H96O6/c1-4-7-10-13-16-19-22-25-27-29-31-34-37-40-43-46-49-55(58)61-52-53(51-60-54(57)48-45-42-39-36-33-30-24-21-18-15-12-9-6-3)62-56(59)50-47-44-41-38-35-32-28-26-23-20-17-14-11-8-5-2/h17,20,23,26-27,29-31,33-34,39,42,53H,4-16,18-19,21-22,24-25,28,32,35-38,40-41,43-52H2,1-3H3/b20-17+,26-23+,29-27+,33-30+,34-31+,42-39+. The summed E-state index contributed by atoms with van der Waals surface area (Å²) < 4.78 is 16.7. The van der Waals surface area contributed by atoms with Crippen molar-refractivity contribution >= 4 is 17.9 Å². The third kappa shape index (κ3) is 47.9. The van der Waals surface area contributed by atoms with E-state index in [2.05, 4.69) is 87.6 Å². The van der Waals surface area contributed by atoms with Crippen molar-refractivity contribution in [3.05, 3.63) is 72.9 Å². The van der Waals surface area contributed by atoms with Crippen LogP contribution in [0, 0.1) is 0 Å². The number of hydrogen-bond donors (Lipinski definition) is 0. The zero-order valence-corrected chi connectivity index (χ0v) is 40.6. The molecule has 0 spiro atoms. The van der Waals surface area contributed by atoms with Crippen molar-refractivity contribution in [2.24, 2.45) is 0 Å². The number of carbonyl (C=O) groups is 3. The van der Waals surface area contributed by atoms with Gasteiger partial charge in [0.25, 0.3) is 0 Å². The van der Waals surface area contributed by atoms with E-state index < -0.39 is 6.10 Å². The molecule has 6 heteroatoms. The maximum absolute atomic E-state index is 12.8. The van der Waals surface area contributed by atoms with Gasteiger partial charge in [-0.3, -0.25) is 14.4 Å². The molecule has 0 saturated carbocycles. The number of carbonyl (C=O) groups excluding carboxylic acids is 3. The van der Waals surface area contributed by atoms with E-state index in [1.807, 2.05) is 6.08 Å². The molecule has 6 nitrogen and oxygen atoms in total. The van der Waals surface area contributed by atoms with Crippen LogP contribution in [0.1, 0.15) is 245 Å². The minimum absolute atomic E-state index is 0.111.